The standard InChI is InChI=1S/C23H18ClNO4/c1-13-9-14(2)23-17(10-13)22(27)16-8-7-15(11-20(16)29-23)25-21(26)12-28-19-6-4-3-5-18(19)24/h3-11H,12H2,1-2H3,(H,25,26). The summed E-state index contributed by atoms with van der Waals surface area (Å²) in [6.45, 7) is 3.66. The molecule has 0 radical (unpaired) electrons. The van der Waals surface area contributed by atoms with E-state index in [9.17, 15) is 9.59 Å². The minimum Gasteiger partial charge on any atom is -0.482 e. The van der Waals surface area contributed by atoms with Gasteiger partial charge >= 0.3 is 0 Å². The highest BCUT2D eigenvalue weighted by Crippen LogP contribution is 2.25. The number of amides is 1. The zero-order chi connectivity index (χ0) is 20.5. The van der Waals surface area contributed by atoms with Crippen LogP contribution in [0.25, 0.3) is 21.9 Å². The van der Waals surface area contributed by atoms with Gasteiger partial charge < -0.3 is 14.5 Å². The van der Waals surface area contributed by atoms with E-state index in [1.165, 1.54) is 0 Å². The molecule has 4 aromatic rings. The zero-order valence-electron chi connectivity index (χ0n) is 15.9. The van der Waals surface area contributed by atoms with Crippen molar-refractivity contribution < 1.29 is 13.9 Å². The van der Waals surface area contributed by atoms with Gasteiger partial charge in [-0.3, -0.25) is 9.59 Å². The first-order valence-electron chi connectivity index (χ1n) is 9.07. The number of anilines is 1. The van der Waals surface area contributed by atoms with Crippen molar-refractivity contribution in [3.8, 4) is 5.75 Å². The number of fused-ring (bicyclic) bond motifs is 2. The van der Waals surface area contributed by atoms with Gasteiger partial charge in [0.05, 0.1) is 15.8 Å². The fourth-order valence-electron chi connectivity index (χ4n) is 3.29. The van der Waals surface area contributed by atoms with E-state index in [4.69, 9.17) is 20.8 Å². The van der Waals surface area contributed by atoms with Crippen molar-refractivity contribution in [2.75, 3.05) is 11.9 Å². The maximum atomic E-state index is 12.8. The van der Waals surface area contributed by atoms with E-state index in [-0.39, 0.29) is 17.9 Å². The number of carbonyl (C=O) groups is 1. The van der Waals surface area contributed by atoms with Crippen LogP contribution in [0, 0.1) is 13.8 Å². The van der Waals surface area contributed by atoms with E-state index in [1.807, 2.05) is 26.0 Å². The summed E-state index contributed by atoms with van der Waals surface area (Å²) in [7, 11) is 0. The summed E-state index contributed by atoms with van der Waals surface area (Å²) in [4.78, 5) is 25.1. The molecule has 1 amide bonds. The van der Waals surface area contributed by atoms with Crippen LogP contribution in [0.4, 0.5) is 5.69 Å². The number of benzene rings is 3. The molecular weight excluding hydrogens is 390 g/mol. The fourth-order valence-corrected chi connectivity index (χ4v) is 3.48. The van der Waals surface area contributed by atoms with E-state index in [2.05, 4.69) is 5.32 Å². The molecule has 0 aliphatic heterocycles. The third kappa shape index (κ3) is 3.82. The van der Waals surface area contributed by atoms with Crippen LogP contribution in [-0.4, -0.2) is 12.5 Å². The molecule has 0 bridgehead atoms. The second kappa shape index (κ2) is 7.60. The average molecular weight is 408 g/mol. The minimum atomic E-state index is -0.348. The lowest BCUT2D eigenvalue weighted by atomic mass is 10.1. The SMILES string of the molecule is Cc1cc(C)c2oc3cc(NC(=O)COc4ccccc4Cl)ccc3c(=O)c2c1. The number of rotatable bonds is 4. The Morgan fingerprint density at radius 2 is 1.86 bits per heavy atom. The van der Waals surface area contributed by atoms with Gasteiger partial charge in [-0.05, 0) is 55.3 Å². The fraction of sp³-hybridized carbons (Fsp3) is 0.130. The van der Waals surface area contributed by atoms with Crippen molar-refractivity contribution in [3.05, 3.63) is 81.0 Å². The number of nitrogens with one attached hydrogen (secondary N) is 1. The topological polar surface area (TPSA) is 68.5 Å². The summed E-state index contributed by atoms with van der Waals surface area (Å²) in [5.74, 6) is 0.0882. The molecule has 0 atom stereocenters. The highest BCUT2D eigenvalue weighted by Gasteiger charge is 2.12. The van der Waals surface area contributed by atoms with Crippen molar-refractivity contribution >= 4 is 45.1 Å². The zero-order valence-corrected chi connectivity index (χ0v) is 16.7. The molecule has 29 heavy (non-hydrogen) atoms. The monoisotopic (exact) mass is 407 g/mol. The van der Waals surface area contributed by atoms with Gasteiger partial charge in [0.25, 0.3) is 5.91 Å². The Bertz CT molecular complexity index is 1310. The normalized spacial score (nSPS) is 11.0. The molecule has 1 aromatic heterocycles. The maximum Gasteiger partial charge on any atom is 0.262 e. The van der Waals surface area contributed by atoms with E-state index < -0.39 is 0 Å². The molecule has 1 heterocycles. The summed E-state index contributed by atoms with van der Waals surface area (Å²) in [5, 5.41) is 4.20. The molecule has 0 fully saturated rings. The number of hydrogen-bond acceptors (Lipinski definition) is 4. The van der Waals surface area contributed by atoms with Crippen LogP contribution >= 0.6 is 11.6 Å². The lowest BCUT2D eigenvalue weighted by Crippen LogP contribution is -2.20. The number of aryl methyl sites for hydroxylation is 2. The van der Waals surface area contributed by atoms with Crippen LogP contribution in [0.1, 0.15) is 11.1 Å². The van der Waals surface area contributed by atoms with Crippen molar-refractivity contribution in [1.82, 2.24) is 0 Å². The molecule has 0 aliphatic carbocycles. The molecule has 146 valence electrons. The molecule has 0 saturated carbocycles. The second-order valence-corrected chi connectivity index (χ2v) is 7.28. The number of carbonyl (C=O) groups excluding carboxylic acids is 1. The van der Waals surface area contributed by atoms with Crippen molar-refractivity contribution in [2.45, 2.75) is 13.8 Å². The average Bonchev–Trinajstić information content (AvgIpc) is 2.68. The van der Waals surface area contributed by atoms with Gasteiger partial charge in [-0.15, -0.1) is 0 Å². The van der Waals surface area contributed by atoms with Crippen molar-refractivity contribution in [3.63, 3.8) is 0 Å². The number of hydrogen-bond donors (Lipinski definition) is 1. The quantitative estimate of drug-likeness (QED) is 0.470. The van der Waals surface area contributed by atoms with Gasteiger partial charge in [-0.2, -0.15) is 0 Å². The minimum absolute atomic E-state index is 0.0898. The van der Waals surface area contributed by atoms with Crippen LogP contribution in [0.5, 0.6) is 5.75 Å². The van der Waals surface area contributed by atoms with Crippen molar-refractivity contribution in [1.29, 1.82) is 0 Å². The Kier molecular flexibility index (Phi) is 4.99. The van der Waals surface area contributed by atoms with E-state index in [0.717, 1.165) is 11.1 Å². The van der Waals surface area contributed by atoms with Gasteiger partial charge in [0, 0.05) is 11.8 Å². The summed E-state index contributed by atoms with van der Waals surface area (Å²) in [5.41, 5.74) is 3.29. The maximum absolute atomic E-state index is 12.8. The largest absolute Gasteiger partial charge is 0.482 e. The molecule has 1 N–H and O–H groups in total. The third-order valence-electron chi connectivity index (χ3n) is 4.58. The molecule has 4 rings (SSSR count). The summed E-state index contributed by atoms with van der Waals surface area (Å²) < 4.78 is 11.4. The van der Waals surface area contributed by atoms with E-state index >= 15 is 0 Å². The second-order valence-electron chi connectivity index (χ2n) is 6.87. The predicted molar refractivity (Wildman–Crippen MR) is 115 cm³/mol. The van der Waals surface area contributed by atoms with Crippen molar-refractivity contribution in [2.24, 2.45) is 0 Å². The smallest absolute Gasteiger partial charge is 0.262 e. The third-order valence-corrected chi connectivity index (χ3v) is 4.89. The van der Waals surface area contributed by atoms with Crippen LogP contribution < -0.4 is 15.5 Å². The molecular formula is C23H18ClNO4. The van der Waals surface area contributed by atoms with Gasteiger partial charge in [-0.1, -0.05) is 29.8 Å². The molecule has 0 unspecified atom stereocenters. The Morgan fingerprint density at radius 1 is 1.07 bits per heavy atom. The number of ether oxygens (including phenoxy) is 1. The summed E-state index contributed by atoms with van der Waals surface area (Å²) in [6, 6.07) is 15.7. The van der Waals surface area contributed by atoms with Crippen LogP contribution in [0.3, 0.4) is 0 Å². The van der Waals surface area contributed by atoms with E-state index in [1.54, 1.807) is 42.5 Å². The highest BCUT2D eigenvalue weighted by atomic mass is 35.5. The Labute approximate surface area is 171 Å². The van der Waals surface area contributed by atoms with Gasteiger partial charge in [-0.25, -0.2) is 0 Å². The Balaban J connectivity index is 1.60. The molecule has 5 nitrogen and oxygen atoms in total. The van der Waals surface area contributed by atoms with E-state index in [0.29, 0.717) is 38.4 Å². The summed E-state index contributed by atoms with van der Waals surface area (Å²) in [6.07, 6.45) is 0. The summed E-state index contributed by atoms with van der Waals surface area (Å²) >= 11 is 6.02. The van der Waals surface area contributed by atoms with Crippen LogP contribution in [-0.2, 0) is 4.79 Å². The highest BCUT2D eigenvalue weighted by molar-refractivity contribution is 6.32. The molecule has 0 aliphatic rings. The number of para-hydroxylation sites is 1. The molecule has 0 spiro atoms. The Morgan fingerprint density at radius 3 is 2.66 bits per heavy atom. The van der Waals surface area contributed by atoms with Gasteiger partial charge in [0.2, 0.25) is 5.43 Å². The predicted octanol–water partition coefficient (Wildman–Crippen LogP) is 5.23. The van der Waals surface area contributed by atoms with Crippen LogP contribution in [0.15, 0.2) is 63.8 Å². The molecule has 3 aromatic carbocycles. The van der Waals surface area contributed by atoms with Gasteiger partial charge in [0.1, 0.15) is 16.9 Å². The molecule has 6 heteroatoms. The Hall–Kier alpha value is -3.31. The first kappa shape index (κ1) is 19.0. The van der Waals surface area contributed by atoms with Crippen LogP contribution in [0.2, 0.25) is 5.02 Å². The first-order valence-corrected chi connectivity index (χ1v) is 9.45. The molecule has 0 saturated heterocycles. The van der Waals surface area contributed by atoms with Gasteiger partial charge in [0.15, 0.2) is 6.61 Å². The lowest BCUT2D eigenvalue weighted by molar-refractivity contribution is -0.118. The first-order chi connectivity index (χ1) is 13.9. The number of halogens is 1. The lowest BCUT2D eigenvalue weighted by Gasteiger charge is -2.10.